The van der Waals surface area contributed by atoms with Crippen LogP contribution in [0.4, 0.5) is 5.82 Å². The topological polar surface area (TPSA) is 79.6 Å². The van der Waals surface area contributed by atoms with Crippen LogP contribution in [0.1, 0.15) is 0 Å². The van der Waals surface area contributed by atoms with Crippen LogP contribution in [0.3, 0.4) is 0 Å². The van der Waals surface area contributed by atoms with Gasteiger partial charge in [0.25, 0.3) is 0 Å². The van der Waals surface area contributed by atoms with E-state index in [0.29, 0.717) is 5.89 Å². The Morgan fingerprint density at radius 1 is 1.04 bits per heavy atom. The van der Waals surface area contributed by atoms with Gasteiger partial charge in [0.1, 0.15) is 17.0 Å². The lowest BCUT2D eigenvalue weighted by atomic mass is 10.1. The minimum atomic E-state index is 0.560. The van der Waals surface area contributed by atoms with Crippen molar-refractivity contribution in [1.82, 2.24) is 19.9 Å². The average Bonchev–Trinajstić information content (AvgIpc) is 3.26. The fraction of sp³-hybridized carbons (Fsp3) is 0.0556. The Morgan fingerprint density at radius 3 is 2.83 bits per heavy atom. The molecule has 0 amide bonds. The van der Waals surface area contributed by atoms with Crippen LogP contribution in [-0.4, -0.2) is 27.0 Å². The van der Waals surface area contributed by atoms with Crippen LogP contribution in [-0.2, 0) is 0 Å². The summed E-state index contributed by atoms with van der Waals surface area (Å²) in [6.07, 6.45) is 5.50. The van der Waals surface area contributed by atoms with Crippen molar-refractivity contribution >= 4 is 38.7 Å². The quantitative estimate of drug-likeness (QED) is 0.515. The van der Waals surface area contributed by atoms with Crippen molar-refractivity contribution in [3.05, 3.63) is 48.9 Å². The summed E-state index contributed by atoms with van der Waals surface area (Å²) in [5.74, 6) is 1.34. The predicted molar refractivity (Wildman–Crippen MR) is 93.9 cm³/mol. The summed E-state index contributed by atoms with van der Waals surface area (Å²) in [6.45, 7) is 0. The first-order chi connectivity index (χ1) is 11.8. The summed E-state index contributed by atoms with van der Waals surface area (Å²) in [6, 6.07) is 9.75. The third-order valence-corrected chi connectivity index (χ3v) is 4.19. The molecule has 0 aliphatic rings. The summed E-state index contributed by atoms with van der Waals surface area (Å²) in [7, 11) is 1.85. The molecule has 0 saturated heterocycles. The summed E-state index contributed by atoms with van der Waals surface area (Å²) in [4.78, 5) is 16.7. The number of hydrogen-bond donors (Lipinski definition) is 2. The molecule has 1 aromatic carbocycles. The van der Waals surface area contributed by atoms with Gasteiger partial charge in [0.05, 0.1) is 5.56 Å². The zero-order valence-electron chi connectivity index (χ0n) is 12.9. The molecule has 0 fully saturated rings. The second kappa shape index (κ2) is 4.79. The molecule has 0 unspecified atom stereocenters. The first kappa shape index (κ1) is 13.1. The number of para-hydroxylation sites is 2. The van der Waals surface area contributed by atoms with E-state index in [-0.39, 0.29) is 0 Å². The molecule has 0 aliphatic heterocycles. The molecule has 2 N–H and O–H groups in total. The third-order valence-electron chi connectivity index (χ3n) is 4.19. The molecule has 0 bridgehead atoms. The predicted octanol–water partition coefficient (Wildman–Crippen LogP) is 3.96. The SMILES string of the molecule is CNc1ncc(-c2nc3ccccc3o2)c2c1cnc1[nH]ccc12. The van der Waals surface area contributed by atoms with Gasteiger partial charge in [-0.05, 0) is 18.2 Å². The van der Waals surface area contributed by atoms with Crippen LogP contribution < -0.4 is 5.32 Å². The number of rotatable bonds is 2. The zero-order chi connectivity index (χ0) is 16.1. The lowest BCUT2D eigenvalue weighted by Crippen LogP contribution is -1.96. The van der Waals surface area contributed by atoms with E-state index in [1.54, 1.807) is 6.20 Å². The first-order valence-corrected chi connectivity index (χ1v) is 7.63. The smallest absolute Gasteiger partial charge is 0.229 e. The number of hydrogen-bond acceptors (Lipinski definition) is 5. The van der Waals surface area contributed by atoms with Gasteiger partial charge < -0.3 is 14.7 Å². The normalized spacial score (nSPS) is 11.5. The number of H-pyrrole nitrogens is 1. The number of oxazole rings is 1. The lowest BCUT2D eigenvalue weighted by Gasteiger charge is -2.08. The first-order valence-electron chi connectivity index (χ1n) is 7.63. The molecule has 0 radical (unpaired) electrons. The van der Waals surface area contributed by atoms with Gasteiger partial charge in [-0.3, -0.25) is 0 Å². The molecule has 5 rings (SSSR count). The molecule has 0 aliphatic carbocycles. The maximum Gasteiger partial charge on any atom is 0.229 e. The highest BCUT2D eigenvalue weighted by Gasteiger charge is 2.17. The molecule has 6 nitrogen and oxygen atoms in total. The Bertz CT molecular complexity index is 1170. The van der Waals surface area contributed by atoms with Gasteiger partial charge in [-0.1, -0.05) is 12.1 Å². The number of aromatic nitrogens is 4. The molecule has 4 heterocycles. The van der Waals surface area contributed by atoms with Crippen molar-refractivity contribution in [3.63, 3.8) is 0 Å². The number of fused-ring (bicyclic) bond motifs is 4. The highest BCUT2D eigenvalue weighted by molar-refractivity contribution is 6.14. The lowest BCUT2D eigenvalue weighted by molar-refractivity contribution is 0.620. The number of aromatic amines is 1. The van der Waals surface area contributed by atoms with Crippen molar-refractivity contribution in [2.24, 2.45) is 0 Å². The summed E-state index contributed by atoms with van der Waals surface area (Å²) in [5, 5.41) is 6.09. The van der Waals surface area contributed by atoms with Gasteiger partial charge >= 0.3 is 0 Å². The largest absolute Gasteiger partial charge is 0.436 e. The number of pyridine rings is 2. The highest BCUT2D eigenvalue weighted by Crippen LogP contribution is 2.36. The summed E-state index contributed by atoms with van der Waals surface area (Å²) in [5.41, 5.74) is 3.27. The van der Waals surface area contributed by atoms with Crippen molar-refractivity contribution < 1.29 is 4.42 Å². The molecule has 4 aromatic heterocycles. The average molecular weight is 315 g/mol. The molecular weight excluding hydrogens is 302 g/mol. The van der Waals surface area contributed by atoms with E-state index in [0.717, 1.165) is 44.3 Å². The van der Waals surface area contributed by atoms with Gasteiger partial charge in [-0.25, -0.2) is 15.0 Å². The number of benzene rings is 1. The van der Waals surface area contributed by atoms with Crippen LogP contribution in [0.5, 0.6) is 0 Å². The van der Waals surface area contributed by atoms with Gasteiger partial charge in [-0.15, -0.1) is 0 Å². The van der Waals surface area contributed by atoms with Crippen LogP contribution in [0, 0.1) is 0 Å². The Morgan fingerprint density at radius 2 is 1.96 bits per heavy atom. The van der Waals surface area contributed by atoms with Gasteiger partial charge in [0, 0.05) is 41.8 Å². The second-order valence-electron chi connectivity index (χ2n) is 5.54. The Hall–Kier alpha value is -3.41. The van der Waals surface area contributed by atoms with Crippen molar-refractivity contribution in [3.8, 4) is 11.5 Å². The maximum atomic E-state index is 5.96. The van der Waals surface area contributed by atoms with Crippen molar-refractivity contribution in [1.29, 1.82) is 0 Å². The van der Waals surface area contributed by atoms with Gasteiger partial charge in [0.15, 0.2) is 5.58 Å². The Kier molecular flexibility index (Phi) is 2.61. The molecule has 0 saturated carbocycles. The van der Waals surface area contributed by atoms with Crippen molar-refractivity contribution in [2.45, 2.75) is 0 Å². The fourth-order valence-corrected chi connectivity index (χ4v) is 3.09. The van der Waals surface area contributed by atoms with E-state index in [4.69, 9.17) is 4.42 Å². The Labute approximate surface area is 136 Å². The second-order valence-corrected chi connectivity index (χ2v) is 5.54. The molecule has 5 aromatic rings. The zero-order valence-corrected chi connectivity index (χ0v) is 12.9. The summed E-state index contributed by atoms with van der Waals surface area (Å²) >= 11 is 0. The van der Waals surface area contributed by atoms with E-state index < -0.39 is 0 Å². The molecule has 6 heteroatoms. The van der Waals surface area contributed by atoms with Crippen molar-refractivity contribution in [2.75, 3.05) is 12.4 Å². The standard InChI is InChI=1S/C18H13N5O/c1-19-16-11-8-22-17-10(6-7-20-17)15(11)12(9-21-16)18-23-13-4-2-3-5-14(13)24-18/h2-9H,1H3,(H,19,21)(H,20,22). The summed E-state index contributed by atoms with van der Waals surface area (Å²) < 4.78 is 5.96. The van der Waals surface area contributed by atoms with Crippen LogP contribution in [0.25, 0.3) is 44.4 Å². The molecule has 24 heavy (non-hydrogen) atoms. The third kappa shape index (κ3) is 1.73. The number of anilines is 1. The highest BCUT2D eigenvalue weighted by atomic mass is 16.3. The minimum Gasteiger partial charge on any atom is -0.436 e. The Balaban J connectivity index is 1.92. The number of nitrogens with zero attached hydrogens (tertiary/aromatic N) is 3. The van der Waals surface area contributed by atoms with Gasteiger partial charge in [0.2, 0.25) is 5.89 Å². The monoisotopic (exact) mass is 315 g/mol. The van der Waals surface area contributed by atoms with E-state index in [1.165, 1.54) is 0 Å². The molecule has 0 atom stereocenters. The van der Waals surface area contributed by atoms with E-state index >= 15 is 0 Å². The van der Waals surface area contributed by atoms with E-state index in [2.05, 4.69) is 25.3 Å². The van der Waals surface area contributed by atoms with Crippen LogP contribution in [0.15, 0.2) is 53.3 Å². The fourth-order valence-electron chi connectivity index (χ4n) is 3.09. The molecule has 0 spiro atoms. The number of nitrogens with one attached hydrogen (secondary N) is 2. The maximum absolute atomic E-state index is 5.96. The van der Waals surface area contributed by atoms with Crippen LogP contribution >= 0.6 is 0 Å². The van der Waals surface area contributed by atoms with E-state index in [1.807, 2.05) is 49.8 Å². The molecular formula is C18H13N5O. The van der Waals surface area contributed by atoms with E-state index in [9.17, 15) is 0 Å². The van der Waals surface area contributed by atoms with Gasteiger partial charge in [-0.2, -0.15) is 0 Å². The molecule has 116 valence electrons. The minimum absolute atomic E-state index is 0.560. The van der Waals surface area contributed by atoms with Crippen LogP contribution in [0.2, 0.25) is 0 Å².